The molecule has 1 aliphatic heterocycles. The maximum atomic E-state index is 12.1. The molecule has 1 aliphatic rings. The van der Waals surface area contributed by atoms with Crippen LogP contribution in [0, 0.1) is 4.84 Å². The van der Waals surface area contributed by atoms with Crippen molar-refractivity contribution in [2.75, 3.05) is 26.4 Å². The molecular formula is C15H18N2O4S. The molecule has 22 heavy (non-hydrogen) atoms. The van der Waals surface area contributed by atoms with Crippen LogP contribution in [-0.2, 0) is 9.47 Å². The standard InChI is InChI=1S/C15H18N2O4S/c18-14(16-5-1-6-20-11-4-7-19-9-11)10-2-3-12-13(8-10)21-15(22)17-12/h2-3,8,11H,1,4-7,9H2,(H,16,18)(H,17,22)/t11-/m1/s1. The number of aromatic amines is 1. The largest absolute Gasteiger partial charge is 0.429 e. The van der Waals surface area contributed by atoms with Crippen LogP contribution in [0.25, 0.3) is 11.1 Å². The smallest absolute Gasteiger partial charge is 0.266 e. The van der Waals surface area contributed by atoms with E-state index in [1.807, 2.05) is 0 Å². The molecule has 6 nitrogen and oxygen atoms in total. The van der Waals surface area contributed by atoms with E-state index in [0.717, 1.165) is 25.0 Å². The van der Waals surface area contributed by atoms with Gasteiger partial charge in [-0.3, -0.25) is 4.79 Å². The van der Waals surface area contributed by atoms with Crippen LogP contribution < -0.4 is 5.32 Å². The number of amides is 1. The Morgan fingerprint density at radius 1 is 1.50 bits per heavy atom. The van der Waals surface area contributed by atoms with Crippen molar-refractivity contribution in [2.45, 2.75) is 18.9 Å². The van der Waals surface area contributed by atoms with Gasteiger partial charge in [0, 0.05) is 25.3 Å². The molecule has 1 aromatic carbocycles. The Kier molecular flexibility index (Phi) is 4.87. The summed E-state index contributed by atoms with van der Waals surface area (Å²) >= 11 is 4.92. The highest BCUT2D eigenvalue weighted by molar-refractivity contribution is 7.71. The highest BCUT2D eigenvalue weighted by atomic mass is 32.1. The second-order valence-corrected chi connectivity index (χ2v) is 5.56. The number of hydrogen-bond acceptors (Lipinski definition) is 5. The molecular weight excluding hydrogens is 304 g/mol. The van der Waals surface area contributed by atoms with E-state index in [9.17, 15) is 4.79 Å². The Morgan fingerprint density at radius 2 is 2.41 bits per heavy atom. The lowest BCUT2D eigenvalue weighted by atomic mass is 10.2. The van der Waals surface area contributed by atoms with E-state index in [1.165, 1.54) is 0 Å². The molecule has 1 fully saturated rings. The summed E-state index contributed by atoms with van der Waals surface area (Å²) in [6.07, 6.45) is 1.94. The number of ether oxygens (including phenoxy) is 2. The van der Waals surface area contributed by atoms with E-state index in [0.29, 0.717) is 35.7 Å². The zero-order valence-electron chi connectivity index (χ0n) is 12.1. The molecule has 0 unspecified atom stereocenters. The summed E-state index contributed by atoms with van der Waals surface area (Å²) in [5.74, 6) is -0.131. The van der Waals surface area contributed by atoms with Crippen molar-refractivity contribution >= 4 is 29.2 Å². The number of carbonyl (C=O) groups is 1. The molecule has 1 saturated heterocycles. The van der Waals surface area contributed by atoms with Gasteiger partial charge in [0.15, 0.2) is 5.58 Å². The third kappa shape index (κ3) is 3.73. The van der Waals surface area contributed by atoms with Crippen LogP contribution >= 0.6 is 12.2 Å². The summed E-state index contributed by atoms with van der Waals surface area (Å²) < 4.78 is 16.2. The van der Waals surface area contributed by atoms with Crippen molar-refractivity contribution in [3.63, 3.8) is 0 Å². The van der Waals surface area contributed by atoms with E-state index in [1.54, 1.807) is 18.2 Å². The summed E-state index contributed by atoms with van der Waals surface area (Å²) in [7, 11) is 0. The molecule has 2 heterocycles. The van der Waals surface area contributed by atoms with E-state index in [-0.39, 0.29) is 12.0 Å². The SMILES string of the molecule is O=C(NCCCO[C@@H]1CCOC1)c1ccc2[nH]c(=S)oc2c1. The van der Waals surface area contributed by atoms with Gasteiger partial charge >= 0.3 is 0 Å². The number of H-pyrrole nitrogens is 1. The lowest BCUT2D eigenvalue weighted by Gasteiger charge is -2.10. The minimum atomic E-state index is -0.131. The Bertz CT molecular complexity index is 703. The first-order valence-electron chi connectivity index (χ1n) is 7.33. The number of nitrogens with one attached hydrogen (secondary N) is 2. The predicted molar refractivity (Wildman–Crippen MR) is 83.5 cm³/mol. The lowest BCUT2D eigenvalue weighted by molar-refractivity contribution is 0.0415. The van der Waals surface area contributed by atoms with Crippen molar-refractivity contribution in [3.05, 3.63) is 28.6 Å². The van der Waals surface area contributed by atoms with Gasteiger partial charge in [-0.05, 0) is 43.3 Å². The number of rotatable bonds is 6. The van der Waals surface area contributed by atoms with Crippen LogP contribution in [0.15, 0.2) is 22.6 Å². The second-order valence-electron chi connectivity index (χ2n) is 5.19. The maximum absolute atomic E-state index is 12.1. The first-order chi connectivity index (χ1) is 10.7. The van der Waals surface area contributed by atoms with E-state index < -0.39 is 0 Å². The number of benzene rings is 1. The van der Waals surface area contributed by atoms with E-state index >= 15 is 0 Å². The van der Waals surface area contributed by atoms with Crippen molar-refractivity contribution in [3.8, 4) is 0 Å². The van der Waals surface area contributed by atoms with E-state index in [4.69, 9.17) is 26.1 Å². The van der Waals surface area contributed by atoms with Crippen LogP contribution in [0.4, 0.5) is 0 Å². The summed E-state index contributed by atoms with van der Waals surface area (Å²) in [6.45, 7) is 2.65. The Balaban J connectivity index is 1.45. The molecule has 1 amide bonds. The zero-order valence-corrected chi connectivity index (χ0v) is 12.9. The third-order valence-electron chi connectivity index (χ3n) is 3.53. The van der Waals surface area contributed by atoms with Gasteiger partial charge in [0.25, 0.3) is 10.7 Å². The molecule has 0 radical (unpaired) electrons. The van der Waals surface area contributed by atoms with Crippen LogP contribution in [0.1, 0.15) is 23.2 Å². The molecule has 1 atom stereocenters. The average molecular weight is 322 g/mol. The molecule has 0 bridgehead atoms. The first-order valence-corrected chi connectivity index (χ1v) is 7.73. The summed E-state index contributed by atoms with van der Waals surface area (Å²) in [5.41, 5.74) is 1.92. The summed E-state index contributed by atoms with van der Waals surface area (Å²) in [6, 6.07) is 5.21. The van der Waals surface area contributed by atoms with Crippen LogP contribution in [0.2, 0.25) is 0 Å². The molecule has 0 spiro atoms. The van der Waals surface area contributed by atoms with Gasteiger partial charge in [-0.25, -0.2) is 0 Å². The van der Waals surface area contributed by atoms with Gasteiger partial charge in [0.1, 0.15) is 0 Å². The fourth-order valence-corrected chi connectivity index (χ4v) is 2.56. The molecule has 1 aromatic heterocycles. The average Bonchev–Trinajstić information content (AvgIpc) is 3.13. The third-order valence-corrected chi connectivity index (χ3v) is 3.72. The minimum Gasteiger partial charge on any atom is -0.429 e. The number of fused-ring (bicyclic) bond motifs is 1. The van der Waals surface area contributed by atoms with Crippen molar-refractivity contribution < 1.29 is 18.7 Å². The normalized spacial score (nSPS) is 17.9. The molecule has 7 heteroatoms. The second kappa shape index (κ2) is 7.04. The number of oxazole rings is 1. The minimum absolute atomic E-state index is 0.131. The maximum Gasteiger partial charge on any atom is 0.266 e. The van der Waals surface area contributed by atoms with Gasteiger partial charge in [0.2, 0.25) is 0 Å². The monoisotopic (exact) mass is 322 g/mol. The fourth-order valence-electron chi connectivity index (χ4n) is 2.36. The summed E-state index contributed by atoms with van der Waals surface area (Å²) in [4.78, 5) is 15.3. The molecule has 3 rings (SSSR count). The lowest BCUT2D eigenvalue weighted by Crippen LogP contribution is -2.26. The number of carbonyl (C=O) groups excluding carboxylic acids is 1. The fraction of sp³-hybridized carbons (Fsp3) is 0.467. The van der Waals surface area contributed by atoms with Crippen LogP contribution in [-0.4, -0.2) is 43.4 Å². The number of hydrogen-bond donors (Lipinski definition) is 2. The topological polar surface area (TPSA) is 76.5 Å². The van der Waals surface area contributed by atoms with Gasteiger partial charge in [-0.15, -0.1) is 0 Å². The summed E-state index contributed by atoms with van der Waals surface area (Å²) in [5, 5.41) is 2.87. The van der Waals surface area contributed by atoms with Gasteiger partial charge in [0.05, 0.1) is 18.2 Å². The molecule has 0 saturated carbocycles. The van der Waals surface area contributed by atoms with E-state index in [2.05, 4.69) is 10.3 Å². The number of aromatic nitrogens is 1. The zero-order chi connectivity index (χ0) is 15.4. The van der Waals surface area contributed by atoms with Crippen LogP contribution in [0.5, 0.6) is 0 Å². The Hall–Kier alpha value is -1.70. The van der Waals surface area contributed by atoms with Crippen molar-refractivity contribution in [1.29, 1.82) is 0 Å². The highest BCUT2D eigenvalue weighted by Crippen LogP contribution is 2.15. The Labute approximate surface area is 132 Å². The molecule has 118 valence electrons. The van der Waals surface area contributed by atoms with Gasteiger partial charge < -0.3 is 24.2 Å². The van der Waals surface area contributed by atoms with Crippen LogP contribution in [0.3, 0.4) is 0 Å². The molecule has 0 aliphatic carbocycles. The quantitative estimate of drug-likeness (QED) is 0.631. The molecule has 2 N–H and O–H groups in total. The Morgan fingerprint density at radius 3 is 3.23 bits per heavy atom. The highest BCUT2D eigenvalue weighted by Gasteiger charge is 2.15. The molecule has 2 aromatic rings. The first kappa shape index (κ1) is 15.2. The van der Waals surface area contributed by atoms with Crippen molar-refractivity contribution in [1.82, 2.24) is 10.3 Å². The predicted octanol–water partition coefficient (Wildman–Crippen LogP) is 2.42. The van der Waals surface area contributed by atoms with Gasteiger partial charge in [-0.1, -0.05) is 0 Å². The van der Waals surface area contributed by atoms with Crippen molar-refractivity contribution in [2.24, 2.45) is 0 Å². The van der Waals surface area contributed by atoms with Gasteiger partial charge in [-0.2, -0.15) is 0 Å².